The average molecular weight is 584 g/mol. The summed E-state index contributed by atoms with van der Waals surface area (Å²) >= 11 is 12.4. The number of nitrogens with zero attached hydrogens (tertiary/aromatic N) is 5. The van der Waals surface area contributed by atoms with E-state index in [1.54, 1.807) is 0 Å². The second kappa shape index (κ2) is 10.5. The van der Waals surface area contributed by atoms with E-state index in [-0.39, 0.29) is 49.3 Å². The van der Waals surface area contributed by atoms with Crippen LogP contribution >= 0.6 is 23.2 Å². The number of fused-ring (bicyclic) bond motifs is 1. The fraction of sp³-hybridized carbons (Fsp3) is 0.0741. The summed E-state index contributed by atoms with van der Waals surface area (Å²) in [5, 5.41) is 9.52. The summed E-state index contributed by atoms with van der Waals surface area (Å²) in [6, 6.07) is 10.6. The Labute approximate surface area is 233 Å². The molecule has 0 fully saturated rings. The molecule has 0 saturated carbocycles. The van der Waals surface area contributed by atoms with E-state index in [0.717, 1.165) is 21.3 Å². The summed E-state index contributed by atoms with van der Waals surface area (Å²) in [6.45, 7) is -0.490. The van der Waals surface area contributed by atoms with Crippen molar-refractivity contribution >= 4 is 34.1 Å². The third-order valence-electron chi connectivity index (χ3n) is 5.99. The van der Waals surface area contributed by atoms with E-state index in [4.69, 9.17) is 27.9 Å². The van der Waals surface area contributed by atoms with Gasteiger partial charge in [-0.15, -0.1) is 0 Å². The Morgan fingerprint density at radius 3 is 2.40 bits per heavy atom. The summed E-state index contributed by atoms with van der Waals surface area (Å²) < 4.78 is 49.0. The van der Waals surface area contributed by atoms with Crippen LogP contribution < -0.4 is 16.0 Å². The van der Waals surface area contributed by atoms with Crippen molar-refractivity contribution < 1.29 is 17.9 Å². The fourth-order valence-corrected chi connectivity index (χ4v) is 4.59. The normalized spacial score (nSPS) is 11.0. The molecule has 3 heterocycles. The molecule has 0 atom stereocenters. The minimum Gasteiger partial charge on any atom is -0.480 e. The van der Waals surface area contributed by atoms with Crippen LogP contribution in [0.4, 0.5) is 13.2 Å². The Balaban J connectivity index is 1.90. The first-order valence-electron chi connectivity index (χ1n) is 11.3. The van der Waals surface area contributed by atoms with Crippen molar-refractivity contribution in [2.24, 2.45) is 0 Å². The zero-order valence-electron chi connectivity index (χ0n) is 20.3. The molecule has 3 aromatic heterocycles. The Kier molecular flexibility index (Phi) is 7.06. The Bertz CT molecular complexity index is 1980. The third-order valence-corrected chi connectivity index (χ3v) is 6.53. The lowest BCUT2D eigenvalue weighted by Crippen LogP contribution is -2.39. The van der Waals surface area contributed by atoms with E-state index < -0.39 is 35.2 Å². The highest BCUT2D eigenvalue weighted by molar-refractivity contribution is 6.33. The summed E-state index contributed by atoms with van der Waals surface area (Å²) in [6.07, 6.45) is 2.52. The van der Waals surface area contributed by atoms with Crippen LogP contribution in [0, 0.1) is 28.8 Å². The Morgan fingerprint density at radius 1 is 1.02 bits per heavy atom. The van der Waals surface area contributed by atoms with Crippen LogP contribution in [-0.4, -0.2) is 26.2 Å². The van der Waals surface area contributed by atoms with E-state index in [1.807, 2.05) is 6.07 Å². The van der Waals surface area contributed by atoms with Crippen LogP contribution in [0.3, 0.4) is 0 Å². The molecule has 0 N–H and O–H groups in total. The number of pyridine rings is 2. The number of methoxy groups -OCH3 is 1. The minimum absolute atomic E-state index is 0.00510. The van der Waals surface area contributed by atoms with Crippen LogP contribution in [0.15, 0.2) is 64.4 Å². The van der Waals surface area contributed by atoms with Gasteiger partial charge in [-0.1, -0.05) is 23.2 Å². The van der Waals surface area contributed by atoms with Crippen molar-refractivity contribution in [3.63, 3.8) is 0 Å². The van der Waals surface area contributed by atoms with Gasteiger partial charge in [0.15, 0.2) is 17.5 Å². The van der Waals surface area contributed by atoms with Gasteiger partial charge in [0, 0.05) is 11.8 Å². The smallest absolute Gasteiger partial charge is 0.336 e. The molecule has 0 spiro atoms. The lowest BCUT2D eigenvalue weighted by Gasteiger charge is -2.17. The van der Waals surface area contributed by atoms with Crippen molar-refractivity contribution in [2.45, 2.75) is 6.54 Å². The Morgan fingerprint density at radius 2 is 1.75 bits per heavy atom. The monoisotopic (exact) mass is 583 g/mol. The van der Waals surface area contributed by atoms with E-state index in [2.05, 4.69) is 9.97 Å². The number of halogens is 5. The van der Waals surface area contributed by atoms with Crippen molar-refractivity contribution in [1.82, 2.24) is 19.1 Å². The second-order valence-electron chi connectivity index (χ2n) is 8.46. The maximum absolute atomic E-state index is 14.1. The highest BCUT2D eigenvalue weighted by Gasteiger charge is 2.23. The molecule has 0 aliphatic carbocycles. The summed E-state index contributed by atoms with van der Waals surface area (Å²) in [5.74, 6) is -4.79. The number of aromatic nitrogens is 4. The van der Waals surface area contributed by atoms with Crippen LogP contribution in [0.5, 0.6) is 5.88 Å². The number of nitriles is 1. The van der Waals surface area contributed by atoms with Gasteiger partial charge >= 0.3 is 5.69 Å². The van der Waals surface area contributed by atoms with E-state index in [0.29, 0.717) is 5.56 Å². The molecule has 8 nitrogen and oxygen atoms in total. The van der Waals surface area contributed by atoms with Gasteiger partial charge in [0.2, 0.25) is 5.88 Å². The van der Waals surface area contributed by atoms with Gasteiger partial charge in [-0.05, 0) is 48.0 Å². The third kappa shape index (κ3) is 4.68. The highest BCUT2D eigenvalue weighted by Crippen LogP contribution is 2.32. The van der Waals surface area contributed by atoms with Gasteiger partial charge in [-0.3, -0.25) is 14.3 Å². The first kappa shape index (κ1) is 26.9. The molecule has 13 heteroatoms. The molecule has 0 radical (unpaired) electrons. The Hall–Kier alpha value is -4.66. The zero-order chi connectivity index (χ0) is 28.7. The second-order valence-corrected chi connectivity index (χ2v) is 9.31. The molecule has 0 unspecified atom stereocenters. The molecule has 0 aliphatic heterocycles. The lowest BCUT2D eigenvalue weighted by molar-refractivity contribution is 0.403. The molecular weight excluding hydrogens is 570 g/mol. The molecule has 200 valence electrons. The summed E-state index contributed by atoms with van der Waals surface area (Å²) in [4.78, 5) is 35.9. The molecule has 0 aliphatic rings. The van der Waals surface area contributed by atoms with Crippen molar-refractivity contribution in [3.8, 4) is 28.9 Å². The van der Waals surface area contributed by atoms with Gasteiger partial charge in [-0.2, -0.15) is 5.26 Å². The SMILES string of the molecule is COc1nc(-c2cc(C#N)ccc2Cl)cc2c1c(=O)n(-c1cncc(Cl)c1)c(=O)n2Cc1cc(F)c(F)c(F)c1. The number of rotatable bonds is 5. The molecular formula is C27H14Cl2F3N5O3. The summed E-state index contributed by atoms with van der Waals surface area (Å²) in [7, 11) is 1.25. The first-order chi connectivity index (χ1) is 19.1. The molecule has 5 aromatic rings. The number of benzene rings is 2. The quantitative estimate of drug-likeness (QED) is 0.261. The molecule has 0 bridgehead atoms. The molecule has 0 saturated heterocycles. The number of ether oxygens (including phenoxy) is 1. The van der Waals surface area contributed by atoms with Crippen LogP contribution in [0.1, 0.15) is 11.1 Å². The van der Waals surface area contributed by atoms with E-state index in [1.165, 1.54) is 49.8 Å². The van der Waals surface area contributed by atoms with Crippen molar-refractivity contribution in [1.29, 1.82) is 5.26 Å². The first-order valence-corrected chi connectivity index (χ1v) is 12.1. The standard InChI is InChI=1S/C27H14Cl2F3N5O3/c1-40-25-23-22(8-21(35-25)17-4-13(9-33)2-3-18(17)29)36(12-14-5-19(30)24(32)20(31)6-14)27(39)37(26(23)38)16-7-15(28)10-34-11-16/h2-8,10-11H,12H2,1H3. The fourth-order valence-electron chi connectivity index (χ4n) is 4.21. The van der Waals surface area contributed by atoms with E-state index >= 15 is 0 Å². The predicted octanol–water partition coefficient (Wildman–Crippen LogP) is 5.26. The van der Waals surface area contributed by atoms with Crippen LogP contribution in [0.25, 0.3) is 27.8 Å². The van der Waals surface area contributed by atoms with Crippen LogP contribution in [0.2, 0.25) is 10.0 Å². The van der Waals surface area contributed by atoms with Crippen molar-refractivity contribution in [2.75, 3.05) is 7.11 Å². The number of hydrogen-bond acceptors (Lipinski definition) is 6. The van der Waals surface area contributed by atoms with Gasteiger partial charge in [0.25, 0.3) is 5.56 Å². The van der Waals surface area contributed by atoms with Crippen molar-refractivity contribution in [3.05, 3.63) is 114 Å². The van der Waals surface area contributed by atoms with Gasteiger partial charge in [0.05, 0.1) is 58.4 Å². The predicted molar refractivity (Wildman–Crippen MR) is 142 cm³/mol. The van der Waals surface area contributed by atoms with Gasteiger partial charge in [0.1, 0.15) is 5.39 Å². The van der Waals surface area contributed by atoms with E-state index in [9.17, 15) is 28.0 Å². The maximum atomic E-state index is 14.1. The number of hydrogen-bond donors (Lipinski definition) is 0. The topological polar surface area (TPSA) is 103 Å². The van der Waals surface area contributed by atoms with Gasteiger partial charge in [-0.25, -0.2) is 27.5 Å². The average Bonchev–Trinajstić information content (AvgIpc) is 2.93. The van der Waals surface area contributed by atoms with Crippen LogP contribution in [-0.2, 0) is 6.54 Å². The summed E-state index contributed by atoms with van der Waals surface area (Å²) in [5.41, 5.74) is -1.22. The molecule has 0 amide bonds. The lowest BCUT2D eigenvalue weighted by atomic mass is 10.1. The van der Waals surface area contributed by atoms with Gasteiger partial charge < -0.3 is 4.74 Å². The molecule has 2 aromatic carbocycles. The maximum Gasteiger partial charge on any atom is 0.336 e. The largest absolute Gasteiger partial charge is 0.480 e. The molecule has 5 rings (SSSR count). The molecule has 40 heavy (non-hydrogen) atoms. The zero-order valence-corrected chi connectivity index (χ0v) is 21.8. The highest BCUT2D eigenvalue weighted by atomic mass is 35.5. The minimum atomic E-state index is -1.67.